The van der Waals surface area contributed by atoms with Crippen LogP contribution < -0.4 is 5.48 Å². The van der Waals surface area contributed by atoms with Gasteiger partial charge in [-0.2, -0.15) is 0 Å². The molecule has 0 radical (unpaired) electrons. The molecule has 1 aromatic heterocycles. The molecule has 0 aliphatic rings. The summed E-state index contributed by atoms with van der Waals surface area (Å²) in [5, 5.41) is 16.2. The lowest BCUT2D eigenvalue weighted by atomic mass is 9.88. The van der Waals surface area contributed by atoms with Gasteiger partial charge in [0.2, 0.25) is 5.91 Å². The van der Waals surface area contributed by atoms with E-state index in [4.69, 9.17) is 9.76 Å². The van der Waals surface area contributed by atoms with Gasteiger partial charge in [0, 0.05) is 12.1 Å². The Bertz CT molecular complexity index is 848. The molecule has 0 bridgehead atoms. The molecule has 0 saturated heterocycles. The quantitative estimate of drug-likeness (QED) is 0.284. The van der Waals surface area contributed by atoms with Crippen molar-refractivity contribution in [3.8, 4) is 11.3 Å². The number of carbonyl (C=O) groups excluding carboxylic acids is 1. The highest BCUT2D eigenvalue weighted by Gasteiger charge is 2.35. The average Bonchev–Trinajstić information content (AvgIpc) is 3.05. The number of hydroxylamine groups is 1. The minimum Gasteiger partial charge on any atom is -0.306 e. The molecule has 12 heteroatoms. The minimum atomic E-state index is -2.29. The van der Waals surface area contributed by atoms with Gasteiger partial charge >= 0.3 is 0 Å². The summed E-state index contributed by atoms with van der Waals surface area (Å²) in [7, 11) is 0. The molecule has 1 amide bonds. The van der Waals surface area contributed by atoms with Crippen LogP contribution in [0.2, 0.25) is 0 Å². The minimum absolute atomic E-state index is 0.00520. The number of nitrogens with zero attached hydrogens (tertiary/aromatic N) is 3. The molecule has 0 aliphatic heterocycles. The van der Waals surface area contributed by atoms with E-state index in [0.717, 1.165) is 12.1 Å². The SMILES string of the molecule is C[C@](CCn1cc(-c2ccc(F)c(F)c2F)nn1)(CS(=O)O)C(=O)NO. The van der Waals surface area contributed by atoms with E-state index in [9.17, 15) is 22.2 Å². The number of hydrogen-bond acceptors (Lipinski definition) is 5. The highest BCUT2D eigenvalue weighted by molar-refractivity contribution is 7.79. The molecular weight excluding hydrogens is 377 g/mol. The van der Waals surface area contributed by atoms with E-state index in [0.29, 0.717) is 0 Å². The summed E-state index contributed by atoms with van der Waals surface area (Å²) in [6, 6.07) is 1.77. The largest absolute Gasteiger partial charge is 0.306 e. The summed E-state index contributed by atoms with van der Waals surface area (Å²) >= 11 is -2.29. The summed E-state index contributed by atoms with van der Waals surface area (Å²) < 4.78 is 61.4. The Kier molecular flexibility index (Phi) is 6.10. The molecule has 0 aliphatic carbocycles. The fourth-order valence-corrected chi connectivity index (χ4v) is 3.10. The second-order valence-electron chi connectivity index (χ2n) is 5.81. The number of aryl methyl sites for hydroxylation is 1. The van der Waals surface area contributed by atoms with E-state index in [-0.39, 0.29) is 24.2 Å². The van der Waals surface area contributed by atoms with Crippen molar-refractivity contribution >= 4 is 17.0 Å². The smallest absolute Gasteiger partial charge is 0.250 e. The highest BCUT2D eigenvalue weighted by atomic mass is 32.2. The summed E-state index contributed by atoms with van der Waals surface area (Å²) in [5.41, 5.74) is -0.285. The number of nitrogens with one attached hydrogen (secondary N) is 1. The van der Waals surface area contributed by atoms with Crippen molar-refractivity contribution in [1.82, 2.24) is 20.5 Å². The first-order chi connectivity index (χ1) is 12.2. The van der Waals surface area contributed by atoms with Gasteiger partial charge in [-0.1, -0.05) is 5.21 Å². The predicted octanol–water partition coefficient (Wildman–Crippen LogP) is 1.49. The number of aromatic nitrogens is 3. The van der Waals surface area contributed by atoms with Crippen LogP contribution in [0.5, 0.6) is 0 Å². The van der Waals surface area contributed by atoms with Crippen molar-refractivity contribution in [3.63, 3.8) is 0 Å². The van der Waals surface area contributed by atoms with Crippen LogP contribution in [0.1, 0.15) is 13.3 Å². The number of hydrogen-bond donors (Lipinski definition) is 3. The van der Waals surface area contributed by atoms with Gasteiger partial charge in [-0.3, -0.25) is 14.7 Å². The molecule has 2 aromatic rings. The molecule has 0 spiro atoms. The van der Waals surface area contributed by atoms with E-state index in [1.54, 1.807) is 0 Å². The predicted molar refractivity (Wildman–Crippen MR) is 83.6 cm³/mol. The molecule has 3 N–H and O–H groups in total. The second-order valence-corrected chi connectivity index (χ2v) is 6.74. The number of halogens is 3. The first kappa shape index (κ1) is 20.0. The van der Waals surface area contributed by atoms with E-state index in [2.05, 4.69) is 10.3 Å². The van der Waals surface area contributed by atoms with Crippen LogP contribution in [0, 0.1) is 22.9 Å². The third-order valence-electron chi connectivity index (χ3n) is 3.83. The van der Waals surface area contributed by atoms with Gasteiger partial charge in [0.1, 0.15) is 5.69 Å². The van der Waals surface area contributed by atoms with Gasteiger partial charge in [0.05, 0.1) is 17.4 Å². The summed E-state index contributed by atoms with van der Waals surface area (Å²) in [5.74, 6) is -5.65. The first-order valence-corrected chi connectivity index (χ1v) is 8.51. The molecule has 26 heavy (non-hydrogen) atoms. The van der Waals surface area contributed by atoms with Crippen molar-refractivity contribution < 1.29 is 31.9 Å². The van der Waals surface area contributed by atoms with E-state index in [1.165, 1.54) is 23.3 Å². The Labute approximate surface area is 148 Å². The molecule has 2 atom stereocenters. The average molecular weight is 392 g/mol. The Morgan fingerprint density at radius 2 is 2.04 bits per heavy atom. The number of amides is 1. The van der Waals surface area contributed by atoms with Crippen LogP contribution >= 0.6 is 0 Å². The van der Waals surface area contributed by atoms with Crippen LogP contribution in [-0.4, -0.2) is 40.6 Å². The van der Waals surface area contributed by atoms with Crippen molar-refractivity contribution in [2.45, 2.75) is 19.9 Å². The summed E-state index contributed by atoms with van der Waals surface area (Å²) in [4.78, 5) is 11.8. The van der Waals surface area contributed by atoms with Gasteiger partial charge in [0.25, 0.3) is 0 Å². The molecule has 142 valence electrons. The molecular formula is C14H15F3N4O4S. The van der Waals surface area contributed by atoms with Gasteiger partial charge in [-0.25, -0.2) is 22.9 Å². The van der Waals surface area contributed by atoms with Crippen LogP contribution in [0.4, 0.5) is 13.2 Å². The maximum absolute atomic E-state index is 13.8. The summed E-state index contributed by atoms with van der Waals surface area (Å²) in [6.45, 7) is 1.40. The molecule has 1 heterocycles. The van der Waals surface area contributed by atoms with Crippen molar-refractivity contribution in [2.24, 2.45) is 5.41 Å². The molecule has 2 rings (SSSR count). The normalized spacial score (nSPS) is 14.7. The zero-order chi connectivity index (χ0) is 19.5. The van der Waals surface area contributed by atoms with E-state index >= 15 is 0 Å². The Morgan fingerprint density at radius 3 is 2.65 bits per heavy atom. The molecule has 1 unspecified atom stereocenters. The zero-order valence-electron chi connectivity index (χ0n) is 13.4. The number of carbonyl (C=O) groups is 1. The lowest BCUT2D eigenvalue weighted by Gasteiger charge is -2.25. The second kappa shape index (κ2) is 7.93. The summed E-state index contributed by atoms with van der Waals surface area (Å²) in [6.07, 6.45) is 1.25. The van der Waals surface area contributed by atoms with Gasteiger partial charge < -0.3 is 4.55 Å². The van der Waals surface area contributed by atoms with Crippen molar-refractivity contribution in [1.29, 1.82) is 0 Å². The topological polar surface area (TPSA) is 117 Å². The Hall–Kier alpha value is -2.31. The van der Waals surface area contributed by atoms with E-state index < -0.39 is 45.6 Å². The molecule has 0 fully saturated rings. The molecule has 1 aromatic carbocycles. The van der Waals surface area contributed by atoms with Gasteiger partial charge in [-0.15, -0.1) is 5.10 Å². The third kappa shape index (κ3) is 4.26. The zero-order valence-corrected chi connectivity index (χ0v) is 14.3. The molecule has 8 nitrogen and oxygen atoms in total. The van der Waals surface area contributed by atoms with Crippen LogP contribution in [0.25, 0.3) is 11.3 Å². The third-order valence-corrected chi connectivity index (χ3v) is 4.72. The molecule has 0 saturated carbocycles. The van der Waals surface area contributed by atoms with Gasteiger partial charge in [-0.05, 0) is 25.5 Å². The number of benzene rings is 1. The fourth-order valence-electron chi connectivity index (χ4n) is 2.27. The van der Waals surface area contributed by atoms with E-state index in [1.807, 2.05) is 0 Å². The van der Waals surface area contributed by atoms with Crippen LogP contribution in [-0.2, 0) is 22.4 Å². The van der Waals surface area contributed by atoms with Crippen LogP contribution in [0.15, 0.2) is 18.3 Å². The Morgan fingerprint density at radius 1 is 1.35 bits per heavy atom. The maximum Gasteiger partial charge on any atom is 0.250 e. The standard InChI is InChI=1S/C14H15F3N4O4S/c1-14(7-26(24)25,13(22)19-23)4-5-21-6-10(18-20-21)8-2-3-9(15)12(17)11(8)16/h2-3,6,23H,4-5,7H2,1H3,(H,19,22)(H,24,25)/t14-/m0/s1. The fraction of sp³-hybridized carbons (Fsp3) is 0.357. The van der Waals surface area contributed by atoms with Gasteiger partial charge in [0.15, 0.2) is 28.5 Å². The van der Waals surface area contributed by atoms with Crippen LogP contribution in [0.3, 0.4) is 0 Å². The van der Waals surface area contributed by atoms with Crippen molar-refractivity contribution in [2.75, 3.05) is 5.75 Å². The monoisotopic (exact) mass is 392 g/mol. The first-order valence-electron chi connectivity index (χ1n) is 7.24. The highest BCUT2D eigenvalue weighted by Crippen LogP contribution is 2.26. The lowest BCUT2D eigenvalue weighted by Crippen LogP contribution is -2.42. The number of rotatable bonds is 7. The lowest BCUT2D eigenvalue weighted by molar-refractivity contribution is -0.138. The maximum atomic E-state index is 13.8. The van der Waals surface area contributed by atoms with Crippen molar-refractivity contribution in [3.05, 3.63) is 35.8 Å². The Balaban J connectivity index is 2.19.